The second-order valence-electron chi connectivity index (χ2n) is 4.87. The first-order valence-electron chi connectivity index (χ1n) is 6.64. The van der Waals surface area contributed by atoms with Crippen LogP contribution in [0.15, 0.2) is 6.07 Å². The number of hydrogen-bond acceptors (Lipinski definition) is 5. The second-order valence-corrected chi connectivity index (χ2v) is 6.10. The molecule has 2 aromatic rings. The van der Waals surface area contributed by atoms with Gasteiger partial charge in [0, 0.05) is 17.5 Å². The standard InChI is InChI=1S/C13H17F3N4S/c1-4-17-12-19-10(18-7(2)6-13(14,15)16)9-5-8(3)21-11(9)20-12/h5,7H,4,6H2,1-3H3,(H2,17,18,19,20). The number of hydrogen-bond donors (Lipinski definition) is 2. The fourth-order valence-electron chi connectivity index (χ4n) is 2.02. The van der Waals surface area contributed by atoms with Crippen LogP contribution in [0.3, 0.4) is 0 Å². The third-order valence-electron chi connectivity index (χ3n) is 2.77. The van der Waals surface area contributed by atoms with Crippen molar-refractivity contribution in [2.75, 3.05) is 17.2 Å². The van der Waals surface area contributed by atoms with E-state index in [4.69, 9.17) is 0 Å². The lowest BCUT2D eigenvalue weighted by Crippen LogP contribution is -2.24. The summed E-state index contributed by atoms with van der Waals surface area (Å²) in [5.74, 6) is 0.866. The Morgan fingerprint density at radius 3 is 2.67 bits per heavy atom. The van der Waals surface area contributed by atoms with Crippen molar-refractivity contribution in [3.8, 4) is 0 Å². The summed E-state index contributed by atoms with van der Waals surface area (Å²) in [6.45, 7) is 5.98. The van der Waals surface area contributed by atoms with Crippen LogP contribution in [0.2, 0.25) is 0 Å². The molecule has 116 valence electrons. The molecular formula is C13H17F3N4S. The molecule has 0 fully saturated rings. The SMILES string of the molecule is CCNc1nc(NC(C)CC(F)(F)F)c2cc(C)sc2n1. The van der Waals surface area contributed by atoms with Crippen LogP contribution in [0.4, 0.5) is 24.9 Å². The highest BCUT2D eigenvalue weighted by atomic mass is 32.1. The van der Waals surface area contributed by atoms with E-state index in [1.54, 1.807) is 0 Å². The molecule has 0 aliphatic heterocycles. The number of anilines is 2. The van der Waals surface area contributed by atoms with Crippen molar-refractivity contribution in [2.45, 2.75) is 39.4 Å². The van der Waals surface area contributed by atoms with Crippen LogP contribution in [0.5, 0.6) is 0 Å². The predicted octanol–water partition coefficient (Wildman–Crippen LogP) is 4.18. The Kier molecular flexibility index (Phi) is 4.55. The van der Waals surface area contributed by atoms with E-state index >= 15 is 0 Å². The van der Waals surface area contributed by atoms with Crippen LogP contribution in [0.1, 0.15) is 25.1 Å². The molecule has 2 aromatic heterocycles. The van der Waals surface area contributed by atoms with Gasteiger partial charge in [0.15, 0.2) is 0 Å². The summed E-state index contributed by atoms with van der Waals surface area (Å²) in [6.07, 6.45) is -5.11. The van der Waals surface area contributed by atoms with E-state index in [2.05, 4.69) is 20.6 Å². The topological polar surface area (TPSA) is 49.8 Å². The fourth-order valence-corrected chi connectivity index (χ4v) is 2.90. The maximum absolute atomic E-state index is 12.4. The minimum Gasteiger partial charge on any atom is -0.367 e. The number of alkyl halides is 3. The molecule has 0 aliphatic carbocycles. The molecular weight excluding hydrogens is 301 g/mol. The van der Waals surface area contributed by atoms with Crippen LogP contribution in [0.25, 0.3) is 10.2 Å². The van der Waals surface area contributed by atoms with Crippen molar-refractivity contribution in [3.63, 3.8) is 0 Å². The van der Waals surface area contributed by atoms with Gasteiger partial charge in [0.05, 0.1) is 11.8 Å². The summed E-state index contributed by atoms with van der Waals surface area (Å²) in [4.78, 5) is 10.4. The van der Waals surface area contributed by atoms with Crippen molar-refractivity contribution in [1.29, 1.82) is 0 Å². The Balaban J connectivity index is 2.32. The molecule has 0 aromatic carbocycles. The molecule has 8 heteroatoms. The molecule has 2 rings (SSSR count). The maximum Gasteiger partial charge on any atom is 0.391 e. The van der Waals surface area contributed by atoms with Gasteiger partial charge in [-0.05, 0) is 26.8 Å². The van der Waals surface area contributed by atoms with E-state index in [0.29, 0.717) is 18.3 Å². The van der Waals surface area contributed by atoms with Gasteiger partial charge in [-0.3, -0.25) is 0 Å². The molecule has 2 N–H and O–H groups in total. The Morgan fingerprint density at radius 1 is 1.33 bits per heavy atom. The zero-order chi connectivity index (χ0) is 15.6. The summed E-state index contributed by atoms with van der Waals surface area (Å²) in [6, 6.07) is 1.14. The van der Waals surface area contributed by atoms with Gasteiger partial charge in [0.25, 0.3) is 0 Å². The first kappa shape index (κ1) is 15.8. The highest BCUT2D eigenvalue weighted by Crippen LogP contribution is 2.31. The molecule has 21 heavy (non-hydrogen) atoms. The number of rotatable bonds is 5. The average molecular weight is 318 g/mol. The minimum absolute atomic E-state index is 0.425. The zero-order valence-electron chi connectivity index (χ0n) is 12.0. The van der Waals surface area contributed by atoms with Crippen LogP contribution in [-0.2, 0) is 0 Å². The van der Waals surface area contributed by atoms with Crippen LogP contribution in [-0.4, -0.2) is 28.7 Å². The molecule has 0 saturated carbocycles. The normalized spacial score (nSPS) is 13.4. The third-order valence-corrected chi connectivity index (χ3v) is 3.72. The van der Waals surface area contributed by atoms with E-state index in [9.17, 15) is 13.2 Å². The van der Waals surface area contributed by atoms with Gasteiger partial charge in [-0.15, -0.1) is 11.3 Å². The number of nitrogens with zero attached hydrogens (tertiary/aromatic N) is 2. The lowest BCUT2D eigenvalue weighted by Gasteiger charge is -2.17. The maximum atomic E-state index is 12.4. The lowest BCUT2D eigenvalue weighted by molar-refractivity contribution is -0.136. The third kappa shape index (κ3) is 4.20. The number of halogens is 3. The number of fused-ring (bicyclic) bond motifs is 1. The van der Waals surface area contributed by atoms with E-state index < -0.39 is 18.6 Å². The van der Waals surface area contributed by atoms with Gasteiger partial charge in [-0.1, -0.05) is 0 Å². The average Bonchev–Trinajstić information content (AvgIpc) is 2.67. The predicted molar refractivity (Wildman–Crippen MR) is 80.1 cm³/mol. The molecule has 4 nitrogen and oxygen atoms in total. The van der Waals surface area contributed by atoms with Crippen molar-refractivity contribution in [3.05, 3.63) is 10.9 Å². The smallest absolute Gasteiger partial charge is 0.367 e. The molecule has 0 amide bonds. The molecule has 2 heterocycles. The quantitative estimate of drug-likeness (QED) is 0.868. The summed E-state index contributed by atoms with van der Waals surface area (Å²) >= 11 is 1.49. The van der Waals surface area contributed by atoms with Gasteiger partial charge in [-0.25, -0.2) is 4.98 Å². The molecule has 1 atom stereocenters. The largest absolute Gasteiger partial charge is 0.391 e. The summed E-state index contributed by atoms with van der Waals surface area (Å²) in [7, 11) is 0. The Bertz CT molecular complexity index is 624. The Hall–Kier alpha value is -1.57. The Morgan fingerprint density at radius 2 is 2.05 bits per heavy atom. The number of nitrogens with one attached hydrogen (secondary N) is 2. The van der Waals surface area contributed by atoms with Crippen LogP contribution >= 0.6 is 11.3 Å². The lowest BCUT2D eigenvalue weighted by atomic mass is 10.2. The summed E-state index contributed by atoms with van der Waals surface area (Å²) in [5, 5.41) is 6.60. The van der Waals surface area contributed by atoms with Gasteiger partial charge in [-0.2, -0.15) is 18.2 Å². The number of aryl methyl sites for hydroxylation is 1. The number of aromatic nitrogens is 2. The van der Waals surface area contributed by atoms with Gasteiger partial charge in [0.2, 0.25) is 5.95 Å². The highest BCUT2D eigenvalue weighted by molar-refractivity contribution is 7.18. The molecule has 0 aliphatic rings. The van der Waals surface area contributed by atoms with Crippen molar-refractivity contribution >= 4 is 33.3 Å². The molecule has 0 spiro atoms. The Labute approximate surface area is 124 Å². The zero-order valence-corrected chi connectivity index (χ0v) is 12.8. The van der Waals surface area contributed by atoms with E-state index in [-0.39, 0.29) is 0 Å². The monoisotopic (exact) mass is 318 g/mol. The molecule has 0 saturated heterocycles. The molecule has 0 radical (unpaired) electrons. The van der Waals surface area contributed by atoms with Gasteiger partial charge < -0.3 is 10.6 Å². The summed E-state index contributed by atoms with van der Waals surface area (Å²) < 4.78 is 37.3. The minimum atomic E-state index is -4.20. The van der Waals surface area contributed by atoms with Gasteiger partial charge >= 0.3 is 6.18 Å². The van der Waals surface area contributed by atoms with E-state index in [1.807, 2.05) is 19.9 Å². The number of thiophene rings is 1. The summed E-state index contributed by atoms with van der Waals surface area (Å²) in [5.41, 5.74) is 0. The van der Waals surface area contributed by atoms with Crippen molar-refractivity contribution in [1.82, 2.24) is 9.97 Å². The van der Waals surface area contributed by atoms with E-state index in [0.717, 1.165) is 15.1 Å². The van der Waals surface area contributed by atoms with Crippen LogP contribution < -0.4 is 10.6 Å². The van der Waals surface area contributed by atoms with Gasteiger partial charge in [0.1, 0.15) is 10.6 Å². The fraction of sp³-hybridized carbons (Fsp3) is 0.538. The highest BCUT2D eigenvalue weighted by Gasteiger charge is 2.30. The first-order chi connectivity index (χ1) is 9.78. The van der Waals surface area contributed by atoms with Crippen molar-refractivity contribution in [2.24, 2.45) is 0 Å². The van der Waals surface area contributed by atoms with Crippen molar-refractivity contribution < 1.29 is 13.2 Å². The molecule has 0 bridgehead atoms. The molecule has 1 unspecified atom stereocenters. The van der Waals surface area contributed by atoms with E-state index in [1.165, 1.54) is 18.3 Å². The second kappa shape index (κ2) is 6.05. The van der Waals surface area contributed by atoms with Crippen LogP contribution in [0, 0.1) is 6.92 Å². The first-order valence-corrected chi connectivity index (χ1v) is 7.45.